The smallest absolute Gasteiger partial charge is 0.227 e. The number of nitrogens with zero attached hydrogens (tertiary/aromatic N) is 3. The van der Waals surface area contributed by atoms with Gasteiger partial charge in [-0.2, -0.15) is 0 Å². The lowest BCUT2D eigenvalue weighted by Gasteiger charge is -2.17. The van der Waals surface area contributed by atoms with Gasteiger partial charge in [0.05, 0.1) is 0 Å². The van der Waals surface area contributed by atoms with Crippen LogP contribution in [0.4, 0.5) is 5.69 Å². The van der Waals surface area contributed by atoms with Crippen molar-refractivity contribution in [2.45, 2.75) is 45.3 Å². The van der Waals surface area contributed by atoms with Gasteiger partial charge in [-0.05, 0) is 41.7 Å². The summed E-state index contributed by atoms with van der Waals surface area (Å²) in [6.45, 7) is 3.56. The molecular weight excluding hydrogens is 529 g/mol. The van der Waals surface area contributed by atoms with Crippen molar-refractivity contribution in [3.8, 4) is 0 Å². The topological polar surface area (TPSA) is 77.0 Å². The summed E-state index contributed by atoms with van der Waals surface area (Å²) in [7, 11) is 1.74. The Morgan fingerprint density at radius 1 is 1.03 bits per heavy atom. The van der Waals surface area contributed by atoms with Gasteiger partial charge in [-0.1, -0.05) is 36.4 Å². The highest BCUT2D eigenvalue weighted by Crippen LogP contribution is 2.23. The molecule has 33 heavy (non-hydrogen) atoms. The predicted octanol–water partition coefficient (Wildman–Crippen LogP) is 3.42. The van der Waals surface area contributed by atoms with Gasteiger partial charge < -0.3 is 20.4 Å². The van der Waals surface area contributed by atoms with Crippen molar-refractivity contribution < 1.29 is 9.59 Å². The Morgan fingerprint density at radius 2 is 1.73 bits per heavy atom. The third-order valence-corrected chi connectivity index (χ3v) is 6.06. The van der Waals surface area contributed by atoms with Crippen molar-refractivity contribution >= 4 is 47.4 Å². The molecule has 2 aliphatic heterocycles. The van der Waals surface area contributed by atoms with Crippen LogP contribution in [0, 0.1) is 0 Å². The van der Waals surface area contributed by atoms with Crippen molar-refractivity contribution in [3.05, 3.63) is 65.2 Å². The van der Waals surface area contributed by atoms with Crippen LogP contribution in [-0.2, 0) is 29.2 Å². The molecule has 2 aromatic carbocycles. The van der Waals surface area contributed by atoms with Gasteiger partial charge in [-0.15, -0.1) is 24.0 Å². The van der Waals surface area contributed by atoms with Gasteiger partial charge >= 0.3 is 0 Å². The molecule has 0 spiro atoms. The monoisotopic (exact) mass is 561 g/mol. The van der Waals surface area contributed by atoms with Crippen LogP contribution in [0.2, 0.25) is 0 Å². The number of rotatable bonds is 7. The van der Waals surface area contributed by atoms with Crippen molar-refractivity contribution in [2.75, 3.05) is 25.0 Å². The van der Waals surface area contributed by atoms with Crippen LogP contribution in [0.5, 0.6) is 0 Å². The van der Waals surface area contributed by atoms with Crippen molar-refractivity contribution in [1.82, 2.24) is 15.5 Å². The highest BCUT2D eigenvalue weighted by atomic mass is 127. The maximum absolute atomic E-state index is 12.5. The Labute approximate surface area is 212 Å². The van der Waals surface area contributed by atoms with E-state index in [2.05, 4.69) is 27.8 Å². The fourth-order valence-corrected chi connectivity index (χ4v) is 4.24. The number of anilines is 1. The Hall–Kier alpha value is -2.62. The van der Waals surface area contributed by atoms with Gasteiger partial charge in [0.15, 0.2) is 5.96 Å². The molecule has 2 amide bonds. The number of guanidine groups is 1. The minimum absolute atomic E-state index is 0. The van der Waals surface area contributed by atoms with Crippen molar-refractivity contribution in [3.63, 3.8) is 0 Å². The highest BCUT2D eigenvalue weighted by molar-refractivity contribution is 14.0. The second kappa shape index (κ2) is 12.0. The van der Waals surface area contributed by atoms with Crippen LogP contribution in [0.15, 0.2) is 53.5 Å². The maximum Gasteiger partial charge on any atom is 0.227 e. The lowest BCUT2D eigenvalue weighted by molar-refractivity contribution is -0.131. The molecule has 0 radical (unpaired) electrons. The van der Waals surface area contributed by atoms with Crippen molar-refractivity contribution in [1.29, 1.82) is 0 Å². The number of fused-ring (bicyclic) bond motifs is 1. The van der Waals surface area contributed by atoms with Gasteiger partial charge in [-0.25, -0.2) is 0 Å². The third-order valence-electron chi connectivity index (χ3n) is 6.06. The standard InChI is InChI=1S/C25H31N5O2.HI/c1-26-25(28-16-19-10-12-22(13-11-19)30-15-5-9-24(30)32)27-14-4-8-23(31)29-17-20-6-2-3-7-21(20)18-29;/h2-3,6-7,10-13H,4-5,8-9,14-18H2,1H3,(H2,26,27,28);1H. The molecule has 0 aromatic heterocycles. The van der Waals surface area contributed by atoms with E-state index in [-0.39, 0.29) is 35.8 Å². The lowest BCUT2D eigenvalue weighted by Crippen LogP contribution is -2.37. The predicted molar refractivity (Wildman–Crippen MR) is 142 cm³/mol. The van der Waals surface area contributed by atoms with Gasteiger partial charge in [0.25, 0.3) is 0 Å². The molecular formula is C25H32IN5O2. The molecule has 4 rings (SSSR count). The molecule has 0 saturated carbocycles. The molecule has 1 saturated heterocycles. The van der Waals surface area contributed by atoms with E-state index >= 15 is 0 Å². The van der Waals surface area contributed by atoms with E-state index in [0.29, 0.717) is 31.9 Å². The Kier molecular flexibility index (Phi) is 9.11. The summed E-state index contributed by atoms with van der Waals surface area (Å²) in [4.78, 5) is 32.4. The molecule has 2 aromatic rings. The first-order valence-corrected chi connectivity index (χ1v) is 11.3. The minimum atomic E-state index is 0. The number of aliphatic imine (C=N–C) groups is 1. The number of hydrogen-bond donors (Lipinski definition) is 2. The Bertz CT molecular complexity index is 968. The van der Waals surface area contributed by atoms with E-state index in [1.807, 2.05) is 46.2 Å². The molecule has 0 unspecified atom stereocenters. The summed E-state index contributed by atoms with van der Waals surface area (Å²) in [5.74, 6) is 1.11. The van der Waals surface area contributed by atoms with E-state index in [1.54, 1.807) is 7.05 Å². The quantitative estimate of drug-likeness (QED) is 0.235. The van der Waals surface area contributed by atoms with E-state index in [0.717, 1.165) is 43.7 Å². The zero-order valence-electron chi connectivity index (χ0n) is 19.0. The molecule has 8 heteroatoms. The van der Waals surface area contributed by atoms with Crippen LogP contribution in [0.3, 0.4) is 0 Å². The molecule has 7 nitrogen and oxygen atoms in total. The zero-order chi connectivity index (χ0) is 22.3. The van der Waals surface area contributed by atoms with Crippen molar-refractivity contribution in [2.24, 2.45) is 4.99 Å². The van der Waals surface area contributed by atoms with Gasteiger partial charge in [0.2, 0.25) is 11.8 Å². The number of carbonyl (C=O) groups excluding carboxylic acids is 2. The number of hydrogen-bond acceptors (Lipinski definition) is 3. The van der Waals surface area contributed by atoms with Crippen LogP contribution in [-0.4, -0.2) is 42.8 Å². The molecule has 2 aliphatic rings. The normalized spacial score (nSPS) is 15.3. The lowest BCUT2D eigenvalue weighted by atomic mass is 10.1. The molecule has 0 atom stereocenters. The SMILES string of the molecule is CN=C(NCCCC(=O)N1Cc2ccccc2C1)NCc1ccc(N2CCCC2=O)cc1.I. The maximum atomic E-state index is 12.5. The van der Waals surface area contributed by atoms with E-state index in [4.69, 9.17) is 0 Å². The second-order valence-corrected chi connectivity index (χ2v) is 8.29. The zero-order valence-corrected chi connectivity index (χ0v) is 21.4. The number of amides is 2. The van der Waals surface area contributed by atoms with Gasteiger partial charge in [0, 0.05) is 58.3 Å². The van der Waals surface area contributed by atoms with Gasteiger partial charge in [0.1, 0.15) is 0 Å². The summed E-state index contributed by atoms with van der Waals surface area (Å²) in [6, 6.07) is 16.3. The number of halogens is 1. The summed E-state index contributed by atoms with van der Waals surface area (Å²) >= 11 is 0. The highest BCUT2D eigenvalue weighted by Gasteiger charge is 2.22. The summed E-state index contributed by atoms with van der Waals surface area (Å²) in [6.07, 6.45) is 2.85. The summed E-state index contributed by atoms with van der Waals surface area (Å²) in [5, 5.41) is 6.58. The Balaban J connectivity index is 0.00000306. The first kappa shape index (κ1) is 25.0. The van der Waals surface area contributed by atoms with Crippen LogP contribution >= 0.6 is 24.0 Å². The molecule has 0 aliphatic carbocycles. The van der Waals surface area contributed by atoms with Crippen LogP contribution in [0.25, 0.3) is 0 Å². The fourth-order valence-electron chi connectivity index (χ4n) is 4.24. The number of benzene rings is 2. The average molecular weight is 561 g/mol. The molecule has 1 fully saturated rings. The molecule has 0 bridgehead atoms. The third kappa shape index (κ3) is 6.46. The second-order valence-electron chi connectivity index (χ2n) is 8.29. The summed E-state index contributed by atoms with van der Waals surface area (Å²) in [5.41, 5.74) is 4.59. The first-order chi connectivity index (χ1) is 15.6. The fraction of sp³-hybridized carbons (Fsp3) is 0.400. The van der Waals surface area contributed by atoms with E-state index in [1.165, 1.54) is 11.1 Å². The largest absolute Gasteiger partial charge is 0.356 e. The summed E-state index contributed by atoms with van der Waals surface area (Å²) < 4.78 is 0. The van der Waals surface area contributed by atoms with Crippen LogP contribution in [0.1, 0.15) is 42.4 Å². The Morgan fingerprint density at radius 3 is 2.33 bits per heavy atom. The van der Waals surface area contributed by atoms with Gasteiger partial charge in [-0.3, -0.25) is 14.6 Å². The minimum Gasteiger partial charge on any atom is -0.356 e. The van der Waals surface area contributed by atoms with E-state index < -0.39 is 0 Å². The average Bonchev–Trinajstić information content (AvgIpc) is 3.45. The molecule has 176 valence electrons. The number of nitrogens with one attached hydrogen (secondary N) is 2. The first-order valence-electron chi connectivity index (χ1n) is 11.3. The van der Waals surface area contributed by atoms with Crippen LogP contribution < -0.4 is 15.5 Å². The number of carbonyl (C=O) groups is 2. The molecule has 2 heterocycles. The molecule has 2 N–H and O–H groups in total. The van der Waals surface area contributed by atoms with E-state index in [9.17, 15) is 9.59 Å².